The van der Waals surface area contributed by atoms with Crippen LogP contribution in [-0.2, 0) is 6.42 Å². The number of hydrogen-bond acceptors (Lipinski definition) is 3. The third-order valence-electron chi connectivity index (χ3n) is 1.69. The lowest BCUT2D eigenvalue weighted by molar-refractivity contribution is 1.01. The molecule has 0 amide bonds. The molecule has 0 fully saturated rings. The summed E-state index contributed by atoms with van der Waals surface area (Å²) >= 11 is 0. The van der Waals surface area contributed by atoms with Crippen molar-refractivity contribution in [1.82, 2.24) is 9.97 Å². The van der Waals surface area contributed by atoms with Crippen LogP contribution in [0.1, 0.15) is 11.3 Å². The summed E-state index contributed by atoms with van der Waals surface area (Å²) in [7, 11) is 0. The van der Waals surface area contributed by atoms with Gasteiger partial charge in [0, 0.05) is 17.7 Å². The molecule has 4 heteroatoms. The highest BCUT2D eigenvalue weighted by Crippen LogP contribution is 2.18. The molecule has 1 aliphatic rings. The van der Waals surface area contributed by atoms with Gasteiger partial charge in [0.25, 0.3) is 0 Å². The molecule has 11 heavy (non-hydrogen) atoms. The first kappa shape index (κ1) is 6.15. The van der Waals surface area contributed by atoms with E-state index in [1.807, 2.05) is 12.2 Å². The number of nitrogens with zero attached hydrogens (tertiary/aromatic N) is 1. The first-order valence-corrected chi connectivity index (χ1v) is 3.32. The second-order valence-electron chi connectivity index (χ2n) is 2.43. The molecule has 3 N–H and O–H groups in total. The quantitative estimate of drug-likeness (QED) is 0.542. The third-order valence-corrected chi connectivity index (χ3v) is 1.69. The van der Waals surface area contributed by atoms with Gasteiger partial charge in [0.1, 0.15) is 5.82 Å². The van der Waals surface area contributed by atoms with Gasteiger partial charge in [-0.25, -0.2) is 4.79 Å². The Morgan fingerprint density at radius 1 is 1.64 bits per heavy atom. The maximum Gasteiger partial charge on any atom is 0.347 e. The van der Waals surface area contributed by atoms with E-state index in [0.717, 1.165) is 17.7 Å². The summed E-state index contributed by atoms with van der Waals surface area (Å²) in [5.41, 5.74) is 6.83. The van der Waals surface area contributed by atoms with Crippen molar-refractivity contribution in [1.29, 1.82) is 0 Å². The van der Waals surface area contributed by atoms with Gasteiger partial charge in [0.15, 0.2) is 0 Å². The largest absolute Gasteiger partial charge is 0.383 e. The number of aromatic nitrogens is 2. The molecule has 0 unspecified atom stereocenters. The molecular formula is C7H7N3O. The average Bonchev–Trinajstić information content (AvgIpc) is 2.34. The van der Waals surface area contributed by atoms with Gasteiger partial charge >= 0.3 is 5.69 Å². The monoisotopic (exact) mass is 149 g/mol. The van der Waals surface area contributed by atoms with Crippen molar-refractivity contribution in [2.45, 2.75) is 6.42 Å². The molecule has 0 radical (unpaired) electrons. The summed E-state index contributed by atoms with van der Waals surface area (Å²) in [4.78, 5) is 17.0. The number of H-pyrrole nitrogens is 1. The molecule has 0 spiro atoms. The number of fused-ring (bicyclic) bond motifs is 1. The zero-order valence-corrected chi connectivity index (χ0v) is 5.79. The number of nitrogen functional groups attached to an aromatic ring is 1. The Morgan fingerprint density at radius 2 is 2.45 bits per heavy atom. The second kappa shape index (κ2) is 1.95. The Kier molecular flexibility index (Phi) is 1.09. The van der Waals surface area contributed by atoms with Crippen molar-refractivity contribution in [2.24, 2.45) is 0 Å². The van der Waals surface area contributed by atoms with E-state index in [9.17, 15) is 4.79 Å². The van der Waals surface area contributed by atoms with E-state index in [-0.39, 0.29) is 5.69 Å². The van der Waals surface area contributed by atoms with Crippen LogP contribution in [0.5, 0.6) is 0 Å². The first-order chi connectivity index (χ1) is 5.27. The Morgan fingerprint density at radius 3 is 3.27 bits per heavy atom. The number of aromatic amines is 1. The lowest BCUT2D eigenvalue weighted by atomic mass is 10.2. The van der Waals surface area contributed by atoms with Crippen LogP contribution in [-0.4, -0.2) is 9.97 Å². The van der Waals surface area contributed by atoms with Crippen LogP contribution < -0.4 is 11.4 Å². The van der Waals surface area contributed by atoms with Gasteiger partial charge in [-0.1, -0.05) is 12.2 Å². The van der Waals surface area contributed by atoms with Crippen molar-refractivity contribution < 1.29 is 0 Å². The number of anilines is 1. The van der Waals surface area contributed by atoms with E-state index in [2.05, 4.69) is 9.97 Å². The maximum absolute atomic E-state index is 10.8. The smallest absolute Gasteiger partial charge is 0.347 e. The second-order valence-corrected chi connectivity index (χ2v) is 2.43. The molecule has 1 aromatic rings. The maximum atomic E-state index is 10.8. The number of hydrogen-bond donors (Lipinski definition) is 2. The molecule has 56 valence electrons. The zero-order chi connectivity index (χ0) is 7.84. The predicted molar refractivity (Wildman–Crippen MR) is 42.0 cm³/mol. The molecule has 0 aromatic carbocycles. The Bertz CT molecular complexity index is 378. The highest BCUT2D eigenvalue weighted by atomic mass is 16.1. The molecule has 1 aromatic heterocycles. The van der Waals surface area contributed by atoms with Gasteiger partial charge in [0.2, 0.25) is 0 Å². The van der Waals surface area contributed by atoms with Crippen LogP contribution in [0.4, 0.5) is 5.82 Å². The summed E-state index contributed by atoms with van der Waals surface area (Å²) in [5, 5.41) is 0. The standard InChI is InChI=1S/C7H7N3O/c8-6-4-2-1-3-5(4)9-7(11)10-6/h1-2H,3H2,(H3,8,9,10,11). The fourth-order valence-electron chi connectivity index (χ4n) is 1.19. The first-order valence-electron chi connectivity index (χ1n) is 3.32. The van der Waals surface area contributed by atoms with E-state index in [1.165, 1.54) is 0 Å². The summed E-state index contributed by atoms with van der Waals surface area (Å²) in [6, 6.07) is 0. The van der Waals surface area contributed by atoms with Gasteiger partial charge in [0.05, 0.1) is 0 Å². The summed E-state index contributed by atoms with van der Waals surface area (Å²) in [6.07, 6.45) is 4.56. The minimum absolute atomic E-state index is 0.317. The Hall–Kier alpha value is -1.58. The molecule has 1 heterocycles. The minimum Gasteiger partial charge on any atom is -0.383 e. The Balaban J connectivity index is 2.76. The van der Waals surface area contributed by atoms with Gasteiger partial charge < -0.3 is 10.7 Å². The van der Waals surface area contributed by atoms with Gasteiger partial charge in [-0.15, -0.1) is 0 Å². The fraction of sp³-hybridized carbons (Fsp3) is 0.143. The molecule has 0 saturated carbocycles. The van der Waals surface area contributed by atoms with Crippen LogP contribution in [0.25, 0.3) is 6.08 Å². The van der Waals surface area contributed by atoms with Crippen molar-refractivity contribution in [3.8, 4) is 0 Å². The van der Waals surface area contributed by atoms with E-state index in [4.69, 9.17) is 5.73 Å². The highest BCUT2D eigenvalue weighted by molar-refractivity contribution is 5.66. The molecule has 2 rings (SSSR count). The van der Waals surface area contributed by atoms with Crippen molar-refractivity contribution >= 4 is 11.9 Å². The number of nitrogens with two attached hydrogens (primary N) is 1. The predicted octanol–water partition coefficient (Wildman–Crippen LogP) is -0.0786. The van der Waals surface area contributed by atoms with E-state index in [1.54, 1.807) is 0 Å². The lowest BCUT2D eigenvalue weighted by Crippen LogP contribution is -2.15. The van der Waals surface area contributed by atoms with Gasteiger partial charge in [-0.2, -0.15) is 4.98 Å². The molecule has 0 aliphatic heterocycles. The third kappa shape index (κ3) is 0.832. The van der Waals surface area contributed by atoms with Crippen molar-refractivity contribution in [3.05, 3.63) is 27.8 Å². The van der Waals surface area contributed by atoms with Crippen LogP contribution in [0, 0.1) is 0 Å². The topological polar surface area (TPSA) is 71.8 Å². The number of rotatable bonds is 0. The summed E-state index contributed by atoms with van der Waals surface area (Å²) in [5.74, 6) is 0.317. The van der Waals surface area contributed by atoms with E-state index < -0.39 is 0 Å². The summed E-state index contributed by atoms with van der Waals surface area (Å²) in [6.45, 7) is 0. The average molecular weight is 149 g/mol. The van der Waals surface area contributed by atoms with E-state index >= 15 is 0 Å². The SMILES string of the molecule is Nc1nc(=O)[nH]c2c1C=CC2. The van der Waals surface area contributed by atoms with Crippen molar-refractivity contribution in [2.75, 3.05) is 5.73 Å². The van der Waals surface area contributed by atoms with Crippen molar-refractivity contribution in [3.63, 3.8) is 0 Å². The van der Waals surface area contributed by atoms with Gasteiger partial charge in [-0.3, -0.25) is 0 Å². The lowest BCUT2D eigenvalue weighted by Gasteiger charge is -1.98. The molecule has 0 saturated heterocycles. The minimum atomic E-state index is -0.370. The summed E-state index contributed by atoms with van der Waals surface area (Å²) < 4.78 is 0. The number of allylic oxidation sites excluding steroid dienone is 1. The molecular weight excluding hydrogens is 142 g/mol. The van der Waals surface area contributed by atoms with E-state index in [0.29, 0.717) is 5.82 Å². The highest BCUT2D eigenvalue weighted by Gasteiger charge is 2.09. The Labute approximate surface area is 62.8 Å². The van der Waals surface area contributed by atoms with Crippen LogP contribution in [0.15, 0.2) is 10.9 Å². The van der Waals surface area contributed by atoms with Crippen LogP contribution >= 0.6 is 0 Å². The molecule has 0 bridgehead atoms. The zero-order valence-electron chi connectivity index (χ0n) is 5.79. The molecule has 4 nitrogen and oxygen atoms in total. The number of nitrogens with one attached hydrogen (secondary N) is 1. The fourth-order valence-corrected chi connectivity index (χ4v) is 1.19. The van der Waals surface area contributed by atoms with Gasteiger partial charge in [-0.05, 0) is 0 Å². The normalized spacial score (nSPS) is 13.5. The molecule has 0 atom stereocenters. The van der Waals surface area contributed by atoms with Crippen LogP contribution in [0.2, 0.25) is 0 Å². The van der Waals surface area contributed by atoms with Crippen LogP contribution in [0.3, 0.4) is 0 Å². The molecule has 1 aliphatic carbocycles.